The topological polar surface area (TPSA) is 98.7 Å². The van der Waals surface area contributed by atoms with Crippen molar-refractivity contribution < 1.29 is 18.0 Å². The van der Waals surface area contributed by atoms with Gasteiger partial charge >= 0.3 is 137 Å². The fourth-order valence-corrected chi connectivity index (χ4v) is 4.73. The molecule has 0 fully saturated rings. The summed E-state index contributed by atoms with van der Waals surface area (Å²) in [6, 6.07) is 12.9. The Hall–Kier alpha value is -2.18. The van der Waals surface area contributed by atoms with Crippen LogP contribution in [0.4, 0.5) is 11.4 Å². The van der Waals surface area contributed by atoms with Gasteiger partial charge in [-0.3, -0.25) is 0 Å². The maximum atomic E-state index is 11.0. The zero-order chi connectivity index (χ0) is 17.0. The average molecular weight is 381 g/mol. The van der Waals surface area contributed by atoms with Gasteiger partial charge in [-0.2, -0.15) is 0 Å². The normalized spacial score (nSPS) is 11.7. The Morgan fingerprint density at radius 2 is 1.04 bits per heavy atom. The van der Waals surface area contributed by atoms with Gasteiger partial charge in [-0.05, 0) is 0 Å². The van der Waals surface area contributed by atoms with E-state index < -0.39 is 13.5 Å². The predicted octanol–water partition coefficient (Wildman–Crippen LogP) is 0.144. The van der Waals surface area contributed by atoms with Crippen molar-refractivity contribution in [2.75, 3.05) is 10.6 Å². The Bertz CT molecular complexity index is 650. The predicted molar refractivity (Wildman–Crippen MR) is 91.0 cm³/mol. The van der Waals surface area contributed by atoms with Crippen molar-refractivity contribution in [1.29, 1.82) is 0 Å². The minimum atomic E-state index is -4.01. The first kappa shape index (κ1) is 17.2. The first-order valence-electron chi connectivity index (χ1n) is 6.82. The van der Waals surface area contributed by atoms with Gasteiger partial charge in [0, 0.05) is 0 Å². The Morgan fingerprint density at radius 1 is 0.739 bits per heavy atom. The standard InChI is InChI=1S/C16H18N2O4Se/c1-11(19)17-13-3-7-15(8-4-13)23(21,22)16-9-5-14(6-10-16)18-12(2)20/h3-10,21-22H,1-2H3,(H,17,19)(H,18,20). The van der Waals surface area contributed by atoms with Crippen molar-refractivity contribution >= 4 is 45.6 Å². The van der Waals surface area contributed by atoms with E-state index in [1.54, 1.807) is 48.5 Å². The second-order valence-corrected chi connectivity index (χ2v) is 9.24. The molecule has 23 heavy (non-hydrogen) atoms. The van der Waals surface area contributed by atoms with Crippen molar-refractivity contribution in [1.82, 2.24) is 0 Å². The molecule has 4 N–H and O–H groups in total. The molecule has 0 unspecified atom stereocenters. The van der Waals surface area contributed by atoms with Crippen LogP contribution in [0, 0.1) is 0 Å². The third-order valence-electron chi connectivity index (χ3n) is 3.01. The molecule has 2 amide bonds. The monoisotopic (exact) mass is 382 g/mol. The number of hydrogen-bond acceptors (Lipinski definition) is 4. The Morgan fingerprint density at radius 3 is 1.30 bits per heavy atom. The number of anilines is 2. The van der Waals surface area contributed by atoms with Crippen LogP contribution in [0.5, 0.6) is 0 Å². The zero-order valence-electron chi connectivity index (χ0n) is 12.7. The second kappa shape index (κ2) is 6.93. The summed E-state index contributed by atoms with van der Waals surface area (Å²) in [5, 5.41) is 5.25. The Balaban J connectivity index is 2.23. The molecule has 0 atom stereocenters. The second-order valence-electron chi connectivity index (χ2n) is 4.96. The summed E-state index contributed by atoms with van der Waals surface area (Å²) in [5.74, 6) is -0.381. The van der Waals surface area contributed by atoms with E-state index >= 15 is 0 Å². The third kappa shape index (κ3) is 4.40. The Kier molecular flexibility index (Phi) is 5.18. The summed E-state index contributed by atoms with van der Waals surface area (Å²) >= 11 is -4.01. The van der Waals surface area contributed by atoms with E-state index in [4.69, 9.17) is 0 Å². The summed E-state index contributed by atoms with van der Waals surface area (Å²) in [6.45, 7) is 2.81. The molecule has 0 aliphatic heterocycles. The van der Waals surface area contributed by atoms with Crippen LogP contribution in [0.1, 0.15) is 13.8 Å². The molecule has 122 valence electrons. The van der Waals surface area contributed by atoms with Crippen LogP contribution in [-0.4, -0.2) is 33.7 Å². The summed E-state index contributed by atoms with van der Waals surface area (Å²) in [7, 11) is 0. The van der Waals surface area contributed by atoms with Crippen LogP contribution in [0.3, 0.4) is 0 Å². The molecule has 0 radical (unpaired) electrons. The van der Waals surface area contributed by atoms with Gasteiger partial charge < -0.3 is 0 Å². The molecular weight excluding hydrogens is 363 g/mol. The number of carbonyl (C=O) groups is 2. The minimum absolute atomic E-state index is 0.190. The number of rotatable bonds is 4. The fourth-order valence-electron chi connectivity index (χ4n) is 2.00. The molecule has 6 nitrogen and oxygen atoms in total. The average Bonchev–Trinajstić information content (AvgIpc) is 2.47. The van der Waals surface area contributed by atoms with E-state index in [9.17, 15) is 18.0 Å². The van der Waals surface area contributed by atoms with Crippen molar-refractivity contribution in [2.24, 2.45) is 0 Å². The number of hydrogen-bond donors (Lipinski definition) is 4. The molecule has 0 saturated carbocycles. The molecule has 0 saturated heterocycles. The first-order chi connectivity index (χ1) is 10.8. The van der Waals surface area contributed by atoms with Gasteiger partial charge in [-0.1, -0.05) is 0 Å². The van der Waals surface area contributed by atoms with Crippen molar-refractivity contribution in [3.8, 4) is 0 Å². The molecular formula is C16H18N2O4Se. The SMILES string of the molecule is CC(=O)Nc1ccc([Se](O)(O)c2ccc(NC(C)=O)cc2)cc1. The van der Waals surface area contributed by atoms with E-state index in [2.05, 4.69) is 10.6 Å². The van der Waals surface area contributed by atoms with Gasteiger partial charge in [0.1, 0.15) is 0 Å². The van der Waals surface area contributed by atoms with Crippen LogP contribution < -0.4 is 19.6 Å². The van der Waals surface area contributed by atoms with Gasteiger partial charge in [0.2, 0.25) is 0 Å². The molecule has 0 aromatic heterocycles. The van der Waals surface area contributed by atoms with Crippen LogP contribution in [0.2, 0.25) is 0 Å². The molecule has 0 aliphatic carbocycles. The molecule has 7 heteroatoms. The molecule has 2 aromatic rings. The molecule has 0 spiro atoms. The first-order valence-corrected chi connectivity index (χ1v) is 10.1. The number of benzene rings is 2. The van der Waals surface area contributed by atoms with E-state index in [1.807, 2.05) is 0 Å². The van der Waals surface area contributed by atoms with Gasteiger partial charge in [-0.15, -0.1) is 0 Å². The van der Waals surface area contributed by atoms with Crippen LogP contribution in [-0.2, 0) is 9.59 Å². The van der Waals surface area contributed by atoms with E-state index in [0.29, 0.717) is 20.3 Å². The molecule has 2 rings (SSSR count). The summed E-state index contributed by atoms with van der Waals surface area (Å²) in [5.41, 5.74) is 1.19. The Labute approximate surface area is 137 Å². The van der Waals surface area contributed by atoms with E-state index in [1.165, 1.54) is 13.8 Å². The van der Waals surface area contributed by atoms with Gasteiger partial charge in [0.15, 0.2) is 0 Å². The van der Waals surface area contributed by atoms with Crippen LogP contribution >= 0.6 is 0 Å². The van der Waals surface area contributed by atoms with Crippen LogP contribution in [0.15, 0.2) is 48.5 Å². The van der Waals surface area contributed by atoms with Crippen molar-refractivity contribution in [3.63, 3.8) is 0 Å². The van der Waals surface area contributed by atoms with Gasteiger partial charge in [0.25, 0.3) is 0 Å². The van der Waals surface area contributed by atoms with Gasteiger partial charge in [0.05, 0.1) is 0 Å². The van der Waals surface area contributed by atoms with E-state index in [-0.39, 0.29) is 11.8 Å². The van der Waals surface area contributed by atoms with Crippen molar-refractivity contribution in [2.45, 2.75) is 13.8 Å². The molecule has 0 heterocycles. The number of amides is 2. The van der Waals surface area contributed by atoms with Gasteiger partial charge in [-0.25, -0.2) is 0 Å². The summed E-state index contributed by atoms with van der Waals surface area (Å²) < 4.78 is 21.9. The third-order valence-corrected chi connectivity index (χ3v) is 6.91. The summed E-state index contributed by atoms with van der Waals surface area (Å²) in [6.07, 6.45) is 0. The van der Waals surface area contributed by atoms with Crippen LogP contribution in [0.25, 0.3) is 0 Å². The molecule has 2 aromatic carbocycles. The fraction of sp³-hybridized carbons (Fsp3) is 0.125. The quantitative estimate of drug-likeness (QED) is 0.567. The maximum absolute atomic E-state index is 11.0. The van der Waals surface area contributed by atoms with E-state index in [0.717, 1.165) is 0 Å². The van der Waals surface area contributed by atoms with Crippen molar-refractivity contribution in [3.05, 3.63) is 48.5 Å². The molecule has 0 bridgehead atoms. The summed E-state index contributed by atoms with van der Waals surface area (Å²) in [4.78, 5) is 22.0. The molecule has 0 aliphatic rings. The zero-order valence-corrected chi connectivity index (χ0v) is 14.5. The number of carbonyl (C=O) groups excluding carboxylic acids is 2. The number of nitrogens with one attached hydrogen (secondary N) is 2.